The SMILES string of the molecule is CC(C)NS(=O)(=O)Cc1ccc(CNCc2cccc(O)c2)cc1. The van der Waals surface area contributed by atoms with Gasteiger partial charge in [-0.05, 0) is 42.7 Å². The lowest BCUT2D eigenvalue weighted by atomic mass is 10.1. The van der Waals surface area contributed by atoms with E-state index in [1.165, 1.54) is 0 Å². The highest BCUT2D eigenvalue weighted by Gasteiger charge is 2.12. The third-order valence-electron chi connectivity index (χ3n) is 3.36. The summed E-state index contributed by atoms with van der Waals surface area (Å²) in [4.78, 5) is 0. The lowest BCUT2D eigenvalue weighted by Gasteiger charge is -2.10. The van der Waals surface area contributed by atoms with Crippen LogP contribution in [0.2, 0.25) is 0 Å². The summed E-state index contributed by atoms with van der Waals surface area (Å²) in [7, 11) is -3.29. The predicted molar refractivity (Wildman–Crippen MR) is 96.0 cm³/mol. The molecule has 6 heteroatoms. The Balaban J connectivity index is 1.86. The molecule has 0 fully saturated rings. The van der Waals surface area contributed by atoms with Crippen molar-refractivity contribution in [3.05, 3.63) is 65.2 Å². The van der Waals surface area contributed by atoms with Crippen LogP contribution in [-0.4, -0.2) is 19.6 Å². The van der Waals surface area contributed by atoms with Crippen molar-refractivity contribution in [1.82, 2.24) is 10.0 Å². The average molecular weight is 348 g/mol. The standard InChI is InChI=1S/C18H24N2O3S/c1-14(2)20-24(22,23)13-16-8-6-15(7-9-16)11-19-12-17-4-3-5-18(21)10-17/h3-10,14,19-21H,11-13H2,1-2H3. The van der Waals surface area contributed by atoms with Gasteiger partial charge in [0, 0.05) is 19.1 Å². The summed E-state index contributed by atoms with van der Waals surface area (Å²) in [6.45, 7) is 4.94. The number of hydrogen-bond donors (Lipinski definition) is 3. The van der Waals surface area contributed by atoms with Gasteiger partial charge in [-0.15, -0.1) is 0 Å². The van der Waals surface area contributed by atoms with Gasteiger partial charge in [-0.25, -0.2) is 13.1 Å². The Morgan fingerprint density at radius 1 is 0.958 bits per heavy atom. The highest BCUT2D eigenvalue weighted by Crippen LogP contribution is 2.11. The number of benzene rings is 2. The quantitative estimate of drug-likeness (QED) is 0.685. The number of rotatable bonds is 8. The summed E-state index contributed by atoms with van der Waals surface area (Å²) >= 11 is 0. The summed E-state index contributed by atoms with van der Waals surface area (Å²) in [6, 6.07) is 14.6. The third kappa shape index (κ3) is 6.31. The summed E-state index contributed by atoms with van der Waals surface area (Å²) in [5, 5.41) is 12.7. The fourth-order valence-corrected chi connectivity index (χ4v) is 3.82. The van der Waals surface area contributed by atoms with Gasteiger partial charge in [0.25, 0.3) is 0 Å². The van der Waals surface area contributed by atoms with E-state index >= 15 is 0 Å². The Hall–Kier alpha value is -1.89. The van der Waals surface area contributed by atoms with Crippen LogP contribution in [0.1, 0.15) is 30.5 Å². The molecule has 0 amide bonds. The maximum Gasteiger partial charge on any atom is 0.216 e. The molecule has 0 bridgehead atoms. The molecule has 0 aliphatic heterocycles. The molecule has 0 atom stereocenters. The number of aromatic hydroxyl groups is 1. The minimum absolute atomic E-state index is 0.0117. The van der Waals surface area contributed by atoms with Gasteiger partial charge in [0.05, 0.1) is 5.75 Å². The van der Waals surface area contributed by atoms with Crippen molar-refractivity contribution >= 4 is 10.0 Å². The van der Waals surface area contributed by atoms with Gasteiger partial charge in [-0.1, -0.05) is 36.4 Å². The number of phenols is 1. The second-order valence-electron chi connectivity index (χ2n) is 6.12. The first-order valence-electron chi connectivity index (χ1n) is 7.90. The summed E-state index contributed by atoms with van der Waals surface area (Å²) in [6.07, 6.45) is 0. The second-order valence-corrected chi connectivity index (χ2v) is 7.88. The van der Waals surface area contributed by atoms with Crippen LogP contribution in [0.4, 0.5) is 0 Å². The van der Waals surface area contributed by atoms with Crippen LogP contribution in [0.5, 0.6) is 5.75 Å². The molecule has 0 aliphatic carbocycles. The van der Waals surface area contributed by atoms with Crippen LogP contribution >= 0.6 is 0 Å². The van der Waals surface area contributed by atoms with Crippen LogP contribution in [0.25, 0.3) is 0 Å². The molecule has 0 radical (unpaired) electrons. The molecule has 0 spiro atoms. The zero-order valence-corrected chi connectivity index (χ0v) is 14.8. The molecule has 0 saturated heterocycles. The zero-order chi connectivity index (χ0) is 17.6. The molecule has 2 aromatic carbocycles. The van der Waals surface area contributed by atoms with E-state index in [-0.39, 0.29) is 17.5 Å². The van der Waals surface area contributed by atoms with Crippen molar-refractivity contribution in [2.24, 2.45) is 0 Å². The Kier molecular flexibility index (Phi) is 6.36. The molecule has 3 N–H and O–H groups in total. The molecule has 2 rings (SSSR count). The van der Waals surface area contributed by atoms with Crippen LogP contribution in [0.15, 0.2) is 48.5 Å². The summed E-state index contributed by atoms with van der Waals surface area (Å²) in [5.41, 5.74) is 2.85. The fraction of sp³-hybridized carbons (Fsp3) is 0.333. The first-order valence-corrected chi connectivity index (χ1v) is 9.56. The lowest BCUT2D eigenvalue weighted by molar-refractivity contribution is 0.474. The second kappa shape index (κ2) is 8.28. The number of nitrogens with one attached hydrogen (secondary N) is 2. The normalized spacial score (nSPS) is 11.8. The van der Waals surface area contributed by atoms with Gasteiger partial charge in [0.1, 0.15) is 5.75 Å². The van der Waals surface area contributed by atoms with Crippen molar-refractivity contribution < 1.29 is 13.5 Å². The molecule has 0 saturated carbocycles. The van der Waals surface area contributed by atoms with E-state index in [2.05, 4.69) is 10.0 Å². The van der Waals surface area contributed by atoms with Crippen molar-refractivity contribution in [2.45, 2.75) is 38.7 Å². The van der Waals surface area contributed by atoms with Crippen molar-refractivity contribution in [1.29, 1.82) is 0 Å². The molecule has 0 heterocycles. The molecule has 2 aromatic rings. The monoisotopic (exact) mass is 348 g/mol. The van der Waals surface area contributed by atoms with E-state index < -0.39 is 10.0 Å². The Morgan fingerprint density at radius 3 is 2.21 bits per heavy atom. The van der Waals surface area contributed by atoms with Gasteiger partial charge in [0.15, 0.2) is 0 Å². The Morgan fingerprint density at radius 2 is 1.58 bits per heavy atom. The molecule has 5 nitrogen and oxygen atoms in total. The summed E-state index contributed by atoms with van der Waals surface area (Å²) in [5.74, 6) is 0.247. The first-order chi connectivity index (χ1) is 11.3. The number of phenolic OH excluding ortho intramolecular Hbond substituents is 1. The van der Waals surface area contributed by atoms with Gasteiger partial charge in [-0.2, -0.15) is 0 Å². The smallest absolute Gasteiger partial charge is 0.216 e. The molecule has 24 heavy (non-hydrogen) atoms. The topological polar surface area (TPSA) is 78.4 Å². The van der Waals surface area contributed by atoms with E-state index in [0.29, 0.717) is 13.1 Å². The van der Waals surface area contributed by atoms with E-state index in [0.717, 1.165) is 16.7 Å². The van der Waals surface area contributed by atoms with Crippen LogP contribution in [-0.2, 0) is 28.9 Å². The molecule has 130 valence electrons. The van der Waals surface area contributed by atoms with Crippen LogP contribution in [0.3, 0.4) is 0 Å². The lowest BCUT2D eigenvalue weighted by Crippen LogP contribution is -2.31. The van der Waals surface area contributed by atoms with Gasteiger partial charge in [0.2, 0.25) is 10.0 Å². The van der Waals surface area contributed by atoms with E-state index in [1.807, 2.05) is 36.4 Å². The minimum atomic E-state index is -3.29. The van der Waals surface area contributed by atoms with E-state index in [9.17, 15) is 13.5 Å². The third-order valence-corrected chi connectivity index (χ3v) is 4.91. The fourth-order valence-electron chi connectivity index (χ4n) is 2.39. The van der Waals surface area contributed by atoms with Gasteiger partial charge in [-0.3, -0.25) is 0 Å². The van der Waals surface area contributed by atoms with Crippen molar-refractivity contribution in [3.8, 4) is 5.75 Å². The molecule has 0 unspecified atom stereocenters. The molecular weight excluding hydrogens is 324 g/mol. The van der Waals surface area contributed by atoms with Crippen LogP contribution < -0.4 is 10.0 Å². The number of sulfonamides is 1. The van der Waals surface area contributed by atoms with Crippen LogP contribution in [0, 0.1) is 0 Å². The largest absolute Gasteiger partial charge is 0.508 e. The average Bonchev–Trinajstić information content (AvgIpc) is 2.47. The Labute approximate surface area is 143 Å². The van der Waals surface area contributed by atoms with E-state index in [1.54, 1.807) is 26.0 Å². The zero-order valence-electron chi connectivity index (χ0n) is 14.0. The maximum absolute atomic E-state index is 11.9. The molecule has 0 aromatic heterocycles. The highest BCUT2D eigenvalue weighted by molar-refractivity contribution is 7.88. The van der Waals surface area contributed by atoms with E-state index in [4.69, 9.17) is 0 Å². The maximum atomic E-state index is 11.9. The molecule has 0 aliphatic rings. The van der Waals surface area contributed by atoms with Gasteiger partial charge < -0.3 is 10.4 Å². The first kappa shape index (κ1) is 18.4. The van der Waals surface area contributed by atoms with Crippen molar-refractivity contribution in [2.75, 3.05) is 0 Å². The van der Waals surface area contributed by atoms with Crippen molar-refractivity contribution in [3.63, 3.8) is 0 Å². The Bertz CT molecular complexity index is 756. The minimum Gasteiger partial charge on any atom is -0.508 e. The number of hydrogen-bond acceptors (Lipinski definition) is 4. The van der Waals surface area contributed by atoms with Gasteiger partial charge >= 0.3 is 0 Å². The predicted octanol–water partition coefficient (Wildman–Crippen LogP) is 2.51. The highest BCUT2D eigenvalue weighted by atomic mass is 32.2. The molecular formula is C18H24N2O3S. The summed E-state index contributed by atoms with van der Waals surface area (Å²) < 4.78 is 26.4.